The number of hydrogen-bond donors (Lipinski definition) is 2. The molecule has 0 aliphatic rings. The van der Waals surface area contributed by atoms with Gasteiger partial charge in [-0.15, -0.1) is 0 Å². The van der Waals surface area contributed by atoms with Crippen molar-refractivity contribution in [1.29, 1.82) is 0 Å². The van der Waals surface area contributed by atoms with Crippen molar-refractivity contribution in [3.63, 3.8) is 0 Å². The van der Waals surface area contributed by atoms with Crippen molar-refractivity contribution in [2.24, 2.45) is 5.41 Å². The minimum Gasteiger partial charge on any atom is -0.326 e. The highest BCUT2D eigenvalue weighted by atomic mass is 16.2. The number of nitrogens with zero attached hydrogens (tertiary/aromatic N) is 1. The van der Waals surface area contributed by atoms with Gasteiger partial charge in [-0.2, -0.15) is 0 Å². The molecule has 0 aliphatic carbocycles. The molecule has 3 rings (SSSR count). The standard InChI is InChI=1S/C19H21N3O2/c1-19(2,3)17(23)20-14-9-10-15-16(11-14)22(18(24)21-15)12-13-7-5-4-6-8-13/h4-11H,12H2,1-3H3,(H,20,23)(H,21,24). The van der Waals surface area contributed by atoms with Gasteiger partial charge in [0.25, 0.3) is 0 Å². The van der Waals surface area contributed by atoms with E-state index in [0.29, 0.717) is 12.2 Å². The molecule has 2 aromatic carbocycles. The van der Waals surface area contributed by atoms with Crippen LogP contribution in [0.25, 0.3) is 11.0 Å². The molecule has 0 spiro atoms. The van der Waals surface area contributed by atoms with Crippen LogP contribution in [0.3, 0.4) is 0 Å². The number of aromatic nitrogens is 2. The van der Waals surface area contributed by atoms with E-state index in [0.717, 1.165) is 16.6 Å². The van der Waals surface area contributed by atoms with Gasteiger partial charge in [0.1, 0.15) is 0 Å². The van der Waals surface area contributed by atoms with Crippen LogP contribution in [0.2, 0.25) is 0 Å². The molecule has 5 heteroatoms. The van der Waals surface area contributed by atoms with Gasteiger partial charge < -0.3 is 10.3 Å². The van der Waals surface area contributed by atoms with Crippen molar-refractivity contribution in [3.05, 3.63) is 64.6 Å². The molecular formula is C19H21N3O2. The number of nitrogens with one attached hydrogen (secondary N) is 2. The molecule has 0 fully saturated rings. The SMILES string of the molecule is CC(C)(C)C(=O)Nc1ccc2[nH]c(=O)n(Cc3ccccc3)c2c1. The van der Waals surface area contributed by atoms with Gasteiger partial charge in [0.05, 0.1) is 17.6 Å². The zero-order valence-electron chi connectivity index (χ0n) is 14.1. The second-order valence-corrected chi connectivity index (χ2v) is 6.94. The fraction of sp³-hybridized carbons (Fsp3) is 0.263. The van der Waals surface area contributed by atoms with Gasteiger partial charge >= 0.3 is 5.69 Å². The molecule has 24 heavy (non-hydrogen) atoms. The van der Waals surface area contributed by atoms with Crippen LogP contribution in [-0.4, -0.2) is 15.5 Å². The highest BCUT2D eigenvalue weighted by molar-refractivity contribution is 5.96. The first kappa shape index (κ1) is 16.1. The summed E-state index contributed by atoms with van der Waals surface area (Å²) in [5.74, 6) is -0.0608. The van der Waals surface area contributed by atoms with Crippen molar-refractivity contribution in [3.8, 4) is 0 Å². The molecule has 2 N–H and O–H groups in total. The van der Waals surface area contributed by atoms with Crippen molar-refractivity contribution in [2.45, 2.75) is 27.3 Å². The quantitative estimate of drug-likeness (QED) is 0.776. The molecular weight excluding hydrogens is 302 g/mol. The summed E-state index contributed by atoms with van der Waals surface area (Å²) in [7, 11) is 0. The number of carbonyl (C=O) groups is 1. The van der Waals surface area contributed by atoms with E-state index in [1.54, 1.807) is 10.6 Å². The Kier molecular flexibility index (Phi) is 4.01. The third kappa shape index (κ3) is 3.25. The molecule has 3 aromatic rings. The molecule has 0 unspecified atom stereocenters. The predicted molar refractivity (Wildman–Crippen MR) is 96.2 cm³/mol. The third-order valence-corrected chi connectivity index (χ3v) is 3.90. The summed E-state index contributed by atoms with van der Waals surface area (Å²) in [5, 5.41) is 2.91. The van der Waals surface area contributed by atoms with E-state index < -0.39 is 5.41 Å². The lowest BCUT2D eigenvalue weighted by molar-refractivity contribution is -0.123. The molecule has 0 saturated carbocycles. The fourth-order valence-electron chi connectivity index (χ4n) is 2.47. The number of fused-ring (bicyclic) bond motifs is 1. The molecule has 124 valence electrons. The lowest BCUT2D eigenvalue weighted by atomic mass is 9.95. The summed E-state index contributed by atoms with van der Waals surface area (Å²) < 4.78 is 1.68. The summed E-state index contributed by atoms with van der Waals surface area (Å²) in [5.41, 5.74) is 2.62. The lowest BCUT2D eigenvalue weighted by Crippen LogP contribution is -2.27. The van der Waals surface area contributed by atoms with Gasteiger partial charge in [0, 0.05) is 11.1 Å². The minimum absolute atomic E-state index is 0.0608. The molecule has 5 nitrogen and oxygen atoms in total. The van der Waals surface area contributed by atoms with E-state index in [1.807, 2.05) is 63.2 Å². The summed E-state index contributed by atoms with van der Waals surface area (Å²) in [4.78, 5) is 27.3. The van der Waals surface area contributed by atoms with E-state index in [2.05, 4.69) is 10.3 Å². The molecule has 1 amide bonds. The normalized spacial score (nSPS) is 11.6. The minimum atomic E-state index is -0.475. The summed E-state index contributed by atoms with van der Waals surface area (Å²) in [6.07, 6.45) is 0. The van der Waals surface area contributed by atoms with E-state index in [1.165, 1.54) is 0 Å². The predicted octanol–water partition coefficient (Wildman–Crippen LogP) is 3.36. The Balaban J connectivity index is 1.98. The average Bonchev–Trinajstić information content (AvgIpc) is 2.83. The monoisotopic (exact) mass is 323 g/mol. The molecule has 0 saturated heterocycles. The molecule has 1 heterocycles. The van der Waals surface area contributed by atoms with Gasteiger partial charge in [0.2, 0.25) is 5.91 Å². The van der Waals surface area contributed by atoms with Crippen LogP contribution in [-0.2, 0) is 11.3 Å². The first-order valence-electron chi connectivity index (χ1n) is 7.92. The van der Waals surface area contributed by atoms with Crippen LogP contribution in [0, 0.1) is 5.41 Å². The van der Waals surface area contributed by atoms with E-state index in [-0.39, 0.29) is 11.6 Å². The van der Waals surface area contributed by atoms with Gasteiger partial charge in [-0.1, -0.05) is 51.1 Å². The van der Waals surface area contributed by atoms with E-state index in [4.69, 9.17) is 0 Å². The lowest BCUT2D eigenvalue weighted by Gasteiger charge is -2.17. The van der Waals surface area contributed by atoms with Gasteiger partial charge in [-0.05, 0) is 23.8 Å². The fourth-order valence-corrected chi connectivity index (χ4v) is 2.47. The highest BCUT2D eigenvalue weighted by Gasteiger charge is 2.21. The van der Waals surface area contributed by atoms with Gasteiger partial charge in [0.15, 0.2) is 0 Å². The van der Waals surface area contributed by atoms with Crippen LogP contribution in [0.4, 0.5) is 5.69 Å². The maximum Gasteiger partial charge on any atom is 0.326 e. The van der Waals surface area contributed by atoms with Gasteiger partial charge in [-0.3, -0.25) is 9.36 Å². The zero-order valence-corrected chi connectivity index (χ0v) is 14.1. The molecule has 0 bridgehead atoms. The number of hydrogen-bond acceptors (Lipinski definition) is 2. The Labute approximate surface area is 140 Å². The maximum absolute atomic E-state index is 12.3. The summed E-state index contributed by atoms with van der Waals surface area (Å²) >= 11 is 0. The van der Waals surface area contributed by atoms with Crippen LogP contribution >= 0.6 is 0 Å². The van der Waals surface area contributed by atoms with Crippen molar-refractivity contribution in [2.75, 3.05) is 5.32 Å². The smallest absolute Gasteiger partial charge is 0.326 e. The number of benzene rings is 2. The Bertz CT molecular complexity index is 931. The first-order valence-corrected chi connectivity index (χ1v) is 7.92. The average molecular weight is 323 g/mol. The molecule has 0 aliphatic heterocycles. The summed E-state index contributed by atoms with van der Waals surface area (Å²) in [6, 6.07) is 15.3. The van der Waals surface area contributed by atoms with E-state index >= 15 is 0 Å². The number of carbonyl (C=O) groups excluding carboxylic acids is 1. The Hall–Kier alpha value is -2.82. The van der Waals surface area contributed by atoms with Gasteiger partial charge in [-0.25, -0.2) is 4.79 Å². The maximum atomic E-state index is 12.3. The van der Waals surface area contributed by atoms with Crippen LogP contribution < -0.4 is 11.0 Å². The van der Waals surface area contributed by atoms with Crippen molar-refractivity contribution in [1.82, 2.24) is 9.55 Å². The van der Waals surface area contributed by atoms with Crippen molar-refractivity contribution < 1.29 is 4.79 Å². The second kappa shape index (κ2) is 6.00. The molecule has 1 aromatic heterocycles. The first-order chi connectivity index (χ1) is 11.3. The molecule has 0 radical (unpaired) electrons. The molecule has 0 atom stereocenters. The number of imidazole rings is 1. The number of amides is 1. The third-order valence-electron chi connectivity index (χ3n) is 3.90. The van der Waals surface area contributed by atoms with Crippen molar-refractivity contribution >= 4 is 22.6 Å². The number of rotatable bonds is 3. The zero-order chi connectivity index (χ0) is 17.3. The second-order valence-electron chi connectivity index (χ2n) is 6.94. The van der Waals surface area contributed by atoms with Crippen LogP contribution in [0.5, 0.6) is 0 Å². The van der Waals surface area contributed by atoms with Crippen LogP contribution in [0.1, 0.15) is 26.3 Å². The Morgan fingerprint density at radius 3 is 2.50 bits per heavy atom. The Morgan fingerprint density at radius 1 is 1.12 bits per heavy atom. The number of H-pyrrole nitrogens is 1. The topological polar surface area (TPSA) is 66.9 Å². The highest BCUT2D eigenvalue weighted by Crippen LogP contribution is 2.21. The van der Waals surface area contributed by atoms with E-state index in [9.17, 15) is 9.59 Å². The van der Waals surface area contributed by atoms with Crippen LogP contribution in [0.15, 0.2) is 53.3 Å². The largest absolute Gasteiger partial charge is 0.326 e. The number of anilines is 1. The number of aromatic amines is 1. The Morgan fingerprint density at radius 2 is 1.83 bits per heavy atom. The summed E-state index contributed by atoms with van der Waals surface area (Å²) in [6.45, 7) is 6.07.